The number of nitrogens with zero attached hydrogens (tertiary/aromatic N) is 5. The first kappa shape index (κ1) is 21.0. The number of anilines is 1. The molecule has 0 radical (unpaired) electrons. The predicted octanol–water partition coefficient (Wildman–Crippen LogP) is 0.364. The molecule has 1 aromatic heterocycles. The van der Waals surface area contributed by atoms with E-state index in [4.69, 9.17) is 9.47 Å². The van der Waals surface area contributed by atoms with Crippen molar-refractivity contribution in [3.05, 3.63) is 42.2 Å². The van der Waals surface area contributed by atoms with Crippen molar-refractivity contribution in [2.75, 3.05) is 50.8 Å². The summed E-state index contributed by atoms with van der Waals surface area (Å²) >= 11 is 0. The largest absolute Gasteiger partial charge is 0.486 e. The van der Waals surface area contributed by atoms with Crippen LogP contribution in [0.1, 0.15) is 12.5 Å². The van der Waals surface area contributed by atoms with Crippen LogP contribution in [0.2, 0.25) is 0 Å². The number of carbonyl (C=O) groups is 3. The monoisotopic (exact) mass is 452 g/mol. The average Bonchev–Trinajstić information content (AvgIpc) is 3.08. The maximum Gasteiger partial charge on any atom is 0.325 e. The smallest absolute Gasteiger partial charge is 0.325 e. The molecule has 4 heterocycles. The molecule has 5 rings (SSSR count). The Hall–Kier alpha value is -3.89. The van der Waals surface area contributed by atoms with Crippen LogP contribution in [0.25, 0.3) is 0 Å². The number of hydrogen-bond acceptors (Lipinski definition) is 8. The molecule has 2 aromatic rings. The van der Waals surface area contributed by atoms with Crippen LogP contribution in [-0.4, -0.2) is 83.6 Å². The first-order chi connectivity index (χ1) is 16.0. The number of imide groups is 1. The minimum Gasteiger partial charge on any atom is -0.486 e. The molecule has 4 amide bonds. The van der Waals surface area contributed by atoms with E-state index in [1.54, 1.807) is 48.5 Å². The van der Waals surface area contributed by atoms with Crippen molar-refractivity contribution in [1.29, 1.82) is 0 Å². The number of fused-ring (bicyclic) bond motifs is 1. The lowest BCUT2D eigenvalue weighted by Gasteiger charge is -2.35. The van der Waals surface area contributed by atoms with Gasteiger partial charge in [0.2, 0.25) is 11.9 Å². The van der Waals surface area contributed by atoms with E-state index in [0.29, 0.717) is 62.4 Å². The molecular weight excluding hydrogens is 428 g/mol. The van der Waals surface area contributed by atoms with Crippen molar-refractivity contribution in [2.24, 2.45) is 0 Å². The molecule has 0 saturated carbocycles. The van der Waals surface area contributed by atoms with Crippen molar-refractivity contribution in [3.8, 4) is 11.5 Å². The number of amides is 4. The van der Waals surface area contributed by atoms with Gasteiger partial charge in [-0.15, -0.1) is 0 Å². The fraction of sp³-hybridized carbons (Fsp3) is 0.409. The second-order valence-electron chi connectivity index (χ2n) is 8.22. The molecule has 3 aliphatic rings. The summed E-state index contributed by atoms with van der Waals surface area (Å²) in [6, 6.07) is 6.30. The van der Waals surface area contributed by atoms with Crippen molar-refractivity contribution in [2.45, 2.75) is 12.5 Å². The molecule has 1 atom stereocenters. The molecule has 0 unspecified atom stereocenters. The number of piperazine rings is 1. The van der Waals surface area contributed by atoms with Crippen LogP contribution in [0.5, 0.6) is 11.5 Å². The third-order valence-electron chi connectivity index (χ3n) is 6.16. The number of hydrogen-bond donors (Lipinski definition) is 1. The second kappa shape index (κ2) is 8.23. The molecule has 11 heteroatoms. The minimum absolute atomic E-state index is 0.279. The number of rotatable bonds is 4. The summed E-state index contributed by atoms with van der Waals surface area (Å²) in [5.41, 5.74) is -0.729. The van der Waals surface area contributed by atoms with E-state index in [0.717, 1.165) is 4.90 Å². The Balaban J connectivity index is 1.25. The van der Waals surface area contributed by atoms with Gasteiger partial charge in [0.05, 0.1) is 0 Å². The fourth-order valence-corrected chi connectivity index (χ4v) is 4.24. The molecule has 33 heavy (non-hydrogen) atoms. The zero-order valence-corrected chi connectivity index (χ0v) is 18.2. The van der Waals surface area contributed by atoms with E-state index in [-0.39, 0.29) is 12.5 Å². The second-order valence-corrected chi connectivity index (χ2v) is 8.22. The lowest BCUT2D eigenvalue weighted by molar-refractivity contribution is -0.139. The molecule has 2 saturated heterocycles. The van der Waals surface area contributed by atoms with E-state index in [1.165, 1.54) is 0 Å². The highest BCUT2D eigenvalue weighted by molar-refractivity contribution is 6.09. The summed E-state index contributed by atoms with van der Waals surface area (Å²) < 4.78 is 11.1. The van der Waals surface area contributed by atoms with Crippen molar-refractivity contribution in [1.82, 2.24) is 25.1 Å². The summed E-state index contributed by atoms with van der Waals surface area (Å²) in [4.78, 5) is 51.9. The molecule has 0 aliphatic carbocycles. The van der Waals surface area contributed by atoms with Gasteiger partial charge in [-0.05, 0) is 30.7 Å². The summed E-state index contributed by atoms with van der Waals surface area (Å²) in [7, 11) is 0. The van der Waals surface area contributed by atoms with Crippen LogP contribution in [0, 0.1) is 0 Å². The van der Waals surface area contributed by atoms with Gasteiger partial charge in [0.25, 0.3) is 5.91 Å². The van der Waals surface area contributed by atoms with E-state index in [2.05, 4.69) is 15.3 Å². The first-order valence-corrected chi connectivity index (χ1v) is 10.8. The van der Waals surface area contributed by atoms with Crippen LogP contribution in [0.15, 0.2) is 36.7 Å². The number of ether oxygens (including phenoxy) is 2. The van der Waals surface area contributed by atoms with Gasteiger partial charge >= 0.3 is 6.03 Å². The Morgan fingerprint density at radius 3 is 2.48 bits per heavy atom. The molecule has 2 fully saturated rings. The minimum atomic E-state index is -1.30. The topological polar surface area (TPSA) is 117 Å². The molecule has 3 aliphatic heterocycles. The third-order valence-corrected chi connectivity index (χ3v) is 6.16. The van der Waals surface area contributed by atoms with Crippen LogP contribution in [-0.2, 0) is 15.1 Å². The van der Waals surface area contributed by atoms with Crippen LogP contribution in [0.3, 0.4) is 0 Å². The van der Waals surface area contributed by atoms with Crippen LogP contribution >= 0.6 is 0 Å². The summed E-state index contributed by atoms with van der Waals surface area (Å²) in [5.74, 6) is 0.982. The van der Waals surface area contributed by atoms with Crippen molar-refractivity contribution >= 4 is 23.8 Å². The number of benzene rings is 1. The number of carbonyl (C=O) groups excluding carboxylic acids is 3. The van der Waals surface area contributed by atoms with E-state index in [1.807, 2.05) is 4.90 Å². The number of aromatic nitrogens is 2. The number of urea groups is 1. The number of nitrogens with one attached hydrogen (secondary N) is 1. The van der Waals surface area contributed by atoms with Gasteiger partial charge in [0.15, 0.2) is 11.5 Å². The predicted molar refractivity (Wildman–Crippen MR) is 116 cm³/mol. The molecule has 1 N–H and O–H groups in total. The Bertz CT molecular complexity index is 1090. The van der Waals surface area contributed by atoms with Crippen molar-refractivity contribution < 1.29 is 23.9 Å². The van der Waals surface area contributed by atoms with E-state index >= 15 is 0 Å². The Morgan fingerprint density at radius 1 is 1.06 bits per heavy atom. The standard InChI is InChI=1S/C22H24N6O5/c1-22(15-3-4-16-17(13-15)33-12-11-32-16)19(30)28(21(31)25-22)14-18(29)26-7-9-27(10-8-26)20-23-5-2-6-24-20/h2-6,13H,7-12,14H2,1H3,(H,25,31)/t22-/m1/s1. The van der Waals surface area contributed by atoms with E-state index < -0.39 is 17.5 Å². The highest BCUT2D eigenvalue weighted by atomic mass is 16.6. The summed E-state index contributed by atoms with van der Waals surface area (Å²) in [6.45, 7) is 4.25. The van der Waals surface area contributed by atoms with Gasteiger partial charge in [-0.25, -0.2) is 14.8 Å². The van der Waals surface area contributed by atoms with Gasteiger partial charge < -0.3 is 24.6 Å². The summed E-state index contributed by atoms with van der Waals surface area (Å²) in [6.07, 6.45) is 3.35. The lowest BCUT2D eigenvalue weighted by atomic mass is 9.91. The zero-order chi connectivity index (χ0) is 23.0. The van der Waals surface area contributed by atoms with Crippen LogP contribution < -0.4 is 19.7 Å². The molecule has 11 nitrogen and oxygen atoms in total. The summed E-state index contributed by atoms with van der Waals surface area (Å²) in [5, 5.41) is 2.74. The Kier molecular flexibility index (Phi) is 5.23. The maximum absolute atomic E-state index is 13.2. The van der Waals surface area contributed by atoms with Crippen molar-refractivity contribution in [3.63, 3.8) is 0 Å². The highest BCUT2D eigenvalue weighted by Gasteiger charge is 2.50. The quantitative estimate of drug-likeness (QED) is 0.661. The normalized spacial score (nSPS) is 22.4. The average molecular weight is 452 g/mol. The molecule has 1 aromatic carbocycles. The molecule has 0 spiro atoms. The van der Waals surface area contributed by atoms with Gasteiger partial charge in [0.1, 0.15) is 25.3 Å². The first-order valence-electron chi connectivity index (χ1n) is 10.8. The molecule has 172 valence electrons. The molecule has 0 bridgehead atoms. The molecular formula is C22H24N6O5. The maximum atomic E-state index is 13.2. The van der Waals surface area contributed by atoms with Gasteiger partial charge in [-0.1, -0.05) is 6.07 Å². The van der Waals surface area contributed by atoms with Gasteiger partial charge in [0, 0.05) is 38.6 Å². The van der Waals surface area contributed by atoms with E-state index in [9.17, 15) is 14.4 Å². The Labute approximate surface area is 190 Å². The fourth-order valence-electron chi connectivity index (χ4n) is 4.24. The van der Waals surface area contributed by atoms with Gasteiger partial charge in [-0.2, -0.15) is 0 Å². The highest BCUT2D eigenvalue weighted by Crippen LogP contribution is 2.36. The lowest BCUT2D eigenvalue weighted by Crippen LogP contribution is -2.52. The van der Waals surface area contributed by atoms with Gasteiger partial charge in [-0.3, -0.25) is 14.5 Å². The SMILES string of the molecule is C[C@]1(c2ccc3c(c2)OCCO3)NC(=O)N(CC(=O)N2CCN(c3ncccn3)CC2)C1=O. The Morgan fingerprint density at radius 2 is 1.76 bits per heavy atom. The third kappa shape index (κ3) is 3.79. The zero-order valence-electron chi connectivity index (χ0n) is 18.2. The van der Waals surface area contributed by atoms with Crippen LogP contribution in [0.4, 0.5) is 10.7 Å².